The normalized spacial score (nSPS) is 15.1. The molecule has 1 amide bonds. The van der Waals surface area contributed by atoms with Crippen molar-refractivity contribution in [2.75, 3.05) is 26.2 Å². The van der Waals surface area contributed by atoms with E-state index in [9.17, 15) is 9.18 Å². The number of carbonyl (C=O) groups is 1. The molecule has 1 aliphatic heterocycles. The van der Waals surface area contributed by atoms with Gasteiger partial charge in [0, 0.05) is 32.3 Å². The summed E-state index contributed by atoms with van der Waals surface area (Å²) in [7, 11) is 0. The Labute approximate surface area is 177 Å². The highest BCUT2D eigenvalue weighted by atomic mass is 19.1. The lowest BCUT2D eigenvalue weighted by Gasteiger charge is -2.39. The minimum Gasteiger partial charge on any atom is -0.337 e. The highest BCUT2D eigenvalue weighted by Gasteiger charge is 2.27. The van der Waals surface area contributed by atoms with Crippen LogP contribution in [0.2, 0.25) is 0 Å². The summed E-state index contributed by atoms with van der Waals surface area (Å²) >= 11 is 0. The molecule has 3 aromatic rings. The summed E-state index contributed by atoms with van der Waals surface area (Å²) < 4.78 is 13.3. The third-order valence-corrected chi connectivity index (χ3v) is 5.49. The van der Waals surface area contributed by atoms with Crippen molar-refractivity contribution in [1.29, 1.82) is 0 Å². The molecule has 0 atom stereocenters. The van der Waals surface area contributed by atoms with Crippen LogP contribution in [0.25, 0.3) is 6.08 Å². The maximum atomic E-state index is 13.3. The molecule has 0 unspecified atom stereocenters. The molecule has 0 saturated carbocycles. The minimum atomic E-state index is -0.300. The zero-order valence-corrected chi connectivity index (χ0v) is 16.8. The van der Waals surface area contributed by atoms with Crippen molar-refractivity contribution in [1.82, 2.24) is 9.80 Å². The number of halogens is 1. The zero-order chi connectivity index (χ0) is 20.8. The van der Waals surface area contributed by atoms with Crippen LogP contribution in [0, 0.1) is 5.82 Å². The molecule has 3 aromatic carbocycles. The lowest BCUT2D eigenvalue weighted by Crippen LogP contribution is -2.49. The van der Waals surface area contributed by atoms with Gasteiger partial charge in [0.05, 0.1) is 6.04 Å². The van der Waals surface area contributed by atoms with Crippen molar-refractivity contribution >= 4 is 12.0 Å². The van der Waals surface area contributed by atoms with E-state index in [1.807, 2.05) is 17.0 Å². The summed E-state index contributed by atoms with van der Waals surface area (Å²) in [5.41, 5.74) is 3.21. The van der Waals surface area contributed by atoms with Crippen LogP contribution in [0.5, 0.6) is 0 Å². The molecule has 0 bridgehead atoms. The molecule has 1 fully saturated rings. The van der Waals surface area contributed by atoms with Crippen molar-refractivity contribution in [3.8, 4) is 0 Å². The van der Waals surface area contributed by atoms with Crippen molar-refractivity contribution in [2.24, 2.45) is 0 Å². The molecule has 0 spiro atoms. The first-order valence-corrected chi connectivity index (χ1v) is 10.3. The smallest absolute Gasteiger partial charge is 0.246 e. The topological polar surface area (TPSA) is 23.6 Å². The molecule has 3 nitrogen and oxygen atoms in total. The van der Waals surface area contributed by atoms with Crippen molar-refractivity contribution in [2.45, 2.75) is 6.04 Å². The summed E-state index contributed by atoms with van der Waals surface area (Å²) in [5, 5.41) is 0. The van der Waals surface area contributed by atoms with Crippen molar-refractivity contribution < 1.29 is 9.18 Å². The maximum Gasteiger partial charge on any atom is 0.246 e. The van der Waals surface area contributed by atoms with Crippen LogP contribution >= 0.6 is 0 Å². The van der Waals surface area contributed by atoms with Gasteiger partial charge in [-0.15, -0.1) is 0 Å². The second-order valence-electron chi connectivity index (χ2n) is 7.47. The predicted octanol–water partition coefficient (Wildman–Crippen LogP) is 4.77. The van der Waals surface area contributed by atoms with Gasteiger partial charge in [-0.05, 0) is 34.9 Å². The Morgan fingerprint density at radius 1 is 0.800 bits per heavy atom. The zero-order valence-electron chi connectivity index (χ0n) is 16.8. The average molecular weight is 400 g/mol. The van der Waals surface area contributed by atoms with Gasteiger partial charge in [-0.25, -0.2) is 4.39 Å². The number of carbonyl (C=O) groups excluding carboxylic acids is 1. The summed E-state index contributed by atoms with van der Waals surface area (Å²) in [6, 6.07) is 27.4. The molecule has 4 heteroatoms. The molecule has 4 rings (SSSR count). The SMILES string of the molecule is O=C(/C=C/c1cccc(F)c1)N1CCN(C(c2ccccc2)c2ccccc2)CC1. The van der Waals surface area contributed by atoms with Crippen LogP contribution in [0.15, 0.2) is 91.0 Å². The Morgan fingerprint density at radius 2 is 1.40 bits per heavy atom. The highest BCUT2D eigenvalue weighted by Crippen LogP contribution is 2.29. The van der Waals surface area contributed by atoms with Gasteiger partial charge in [0.2, 0.25) is 5.91 Å². The average Bonchev–Trinajstić information content (AvgIpc) is 2.80. The largest absolute Gasteiger partial charge is 0.337 e. The third-order valence-electron chi connectivity index (χ3n) is 5.49. The Balaban J connectivity index is 1.44. The van der Waals surface area contributed by atoms with E-state index in [4.69, 9.17) is 0 Å². The van der Waals surface area contributed by atoms with E-state index >= 15 is 0 Å². The lowest BCUT2D eigenvalue weighted by molar-refractivity contribution is -0.127. The molecule has 0 aromatic heterocycles. The fourth-order valence-electron chi connectivity index (χ4n) is 3.97. The Morgan fingerprint density at radius 3 is 1.97 bits per heavy atom. The fourth-order valence-corrected chi connectivity index (χ4v) is 3.97. The first kappa shape index (κ1) is 20.0. The van der Waals surface area contributed by atoms with Gasteiger partial charge in [0.25, 0.3) is 0 Å². The van der Waals surface area contributed by atoms with E-state index in [2.05, 4.69) is 53.4 Å². The summed E-state index contributed by atoms with van der Waals surface area (Å²) in [4.78, 5) is 16.9. The van der Waals surface area contributed by atoms with E-state index in [1.54, 1.807) is 18.2 Å². The lowest BCUT2D eigenvalue weighted by atomic mass is 9.96. The summed E-state index contributed by atoms with van der Waals surface area (Å²) in [5.74, 6) is -0.332. The third kappa shape index (κ3) is 4.84. The summed E-state index contributed by atoms with van der Waals surface area (Å²) in [6.07, 6.45) is 3.21. The molecule has 1 aliphatic rings. The maximum absolute atomic E-state index is 13.3. The van der Waals surface area contributed by atoms with E-state index in [0.29, 0.717) is 18.7 Å². The molecule has 152 valence electrons. The van der Waals surface area contributed by atoms with E-state index in [0.717, 1.165) is 13.1 Å². The van der Waals surface area contributed by atoms with Gasteiger partial charge in [-0.3, -0.25) is 9.69 Å². The highest BCUT2D eigenvalue weighted by molar-refractivity contribution is 5.91. The fraction of sp³-hybridized carbons (Fsp3) is 0.192. The second-order valence-corrected chi connectivity index (χ2v) is 7.47. The monoisotopic (exact) mass is 400 g/mol. The molecule has 1 heterocycles. The quantitative estimate of drug-likeness (QED) is 0.576. The first-order chi connectivity index (χ1) is 14.7. The molecule has 30 heavy (non-hydrogen) atoms. The van der Waals surface area contributed by atoms with E-state index < -0.39 is 0 Å². The van der Waals surface area contributed by atoms with Gasteiger partial charge >= 0.3 is 0 Å². The molecule has 0 radical (unpaired) electrons. The number of amides is 1. The van der Waals surface area contributed by atoms with E-state index in [1.165, 1.54) is 29.3 Å². The minimum absolute atomic E-state index is 0.0325. The van der Waals surface area contributed by atoms with Crippen molar-refractivity contribution in [3.63, 3.8) is 0 Å². The van der Waals surface area contributed by atoms with E-state index in [-0.39, 0.29) is 17.8 Å². The predicted molar refractivity (Wildman–Crippen MR) is 118 cm³/mol. The van der Waals surface area contributed by atoms with Gasteiger partial charge in [0.15, 0.2) is 0 Å². The Kier molecular flexibility index (Phi) is 6.35. The number of hydrogen-bond acceptors (Lipinski definition) is 2. The van der Waals surface area contributed by atoms with Gasteiger partial charge < -0.3 is 4.90 Å². The van der Waals surface area contributed by atoms with Crippen LogP contribution in [0.3, 0.4) is 0 Å². The van der Waals surface area contributed by atoms with Crippen LogP contribution < -0.4 is 0 Å². The van der Waals surface area contributed by atoms with Gasteiger partial charge in [-0.2, -0.15) is 0 Å². The van der Waals surface area contributed by atoms with Crippen LogP contribution in [0.4, 0.5) is 4.39 Å². The number of benzene rings is 3. The summed E-state index contributed by atoms with van der Waals surface area (Å²) in [6.45, 7) is 2.94. The molecule has 0 N–H and O–H groups in total. The van der Waals surface area contributed by atoms with Crippen LogP contribution in [-0.4, -0.2) is 41.9 Å². The molecular formula is C26H25FN2O. The second kappa shape index (κ2) is 9.51. The number of nitrogens with zero attached hydrogens (tertiary/aromatic N) is 2. The standard InChI is InChI=1S/C26H25FN2O/c27-24-13-7-8-21(20-24)14-15-25(30)28-16-18-29(19-17-28)26(22-9-3-1-4-10-22)23-11-5-2-6-12-23/h1-15,20,26H,16-19H2/b15-14+. The van der Waals surface area contributed by atoms with Crippen LogP contribution in [0.1, 0.15) is 22.7 Å². The molecule has 1 saturated heterocycles. The number of piperazine rings is 1. The number of rotatable bonds is 5. The van der Waals surface area contributed by atoms with Crippen LogP contribution in [-0.2, 0) is 4.79 Å². The van der Waals surface area contributed by atoms with Gasteiger partial charge in [-0.1, -0.05) is 72.8 Å². The Hall–Kier alpha value is -3.24. The first-order valence-electron chi connectivity index (χ1n) is 10.3. The molecular weight excluding hydrogens is 375 g/mol. The molecule has 0 aliphatic carbocycles. The van der Waals surface area contributed by atoms with Crippen molar-refractivity contribution in [3.05, 3.63) is 114 Å². The Bertz CT molecular complexity index is 956. The number of hydrogen-bond donors (Lipinski definition) is 0. The van der Waals surface area contributed by atoms with Gasteiger partial charge in [0.1, 0.15) is 5.82 Å².